The summed E-state index contributed by atoms with van der Waals surface area (Å²) in [4.78, 5) is 0.0859. The quantitative estimate of drug-likeness (QED) is 0.928. The molecule has 0 aliphatic carbocycles. The number of hydrogen-bond donors (Lipinski definition) is 1. The molecule has 0 aromatic heterocycles. The van der Waals surface area contributed by atoms with Gasteiger partial charge in [-0.1, -0.05) is 0 Å². The Morgan fingerprint density at radius 3 is 2.57 bits per heavy atom. The molecule has 1 fully saturated rings. The fraction of sp³-hybridized carbons (Fsp3) is 0.600. The van der Waals surface area contributed by atoms with Crippen molar-refractivity contribution in [3.8, 4) is 0 Å². The minimum atomic E-state index is -3.67. The van der Waals surface area contributed by atoms with Gasteiger partial charge in [-0.25, -0.2) is 12.8 Å². The average molecular weight is 314 g/mol. The maximum atomic E-state index is 14.1. The van der Waals surface area contributed by atoms with Crippen LogP contribution in [0.4, 0.5) is 4.39 Å². The number of nitrogens with zero attached hydrogens (tertiary/aromatic N) is 1. The molecule has 1 aliphatic rings. The molecule has 1 aromatic carbocycles. The average Bonchev–Trinajstić information content (AvgIpc) is 2.74. The normalized spacial score (nSPS) is 19.1. The predicted molar refractivity (Wildman–Crippen MR) is 81.1 cm³/mol. The van der Waals surface area contributed by atoms with Gasteiger partial charge in [0, 0.05) is 24.2 Å². The zero-order valence-corrected chi connectivity index (χ0v) is 13.8. The molecule has 0 spiro atoms. The van der Waals surface area contributed by atoms with Gasteiger partial charge in [0.15, 0.2) is 0 Å². The Hall–Kier alpha value is -0.980. The standard InChI is InChI=1S/C15H23FN2O2S/c1-11-13(16)8-12(10-17-4)9-14(11)21(19,20)18-7-5-6-15(18,2)3/h8-9,17H,5-7,10H2,1-4H3. The monoisotopic (exact) mass is 314 g/mol. The Kier molecular flexibility index (Phi) is 4.42. The highest BCUT2D eigenvalue weighted by atomic mass is 32.2. The van der Waals surface area contributed by atoms with E-state index < -0.39 is 21.4 Å². The molecule has 0 saturated carbocycles. The van der Waals surface area contributed by atoms with Crippen LogP contribution in [0.5, 0.6) is 0 Å². The molecule has 0 atom stereocenters. The van der Waals surface area contributed by atoms with Crippen LogP contribution in [0.15, 0.2) is 17.0 Å². The summed E-state index contributed by atoms with van der Waals surface area (Å²) >= 11 is 0. The molecule has 4 nitrogen and oxygen atoms in total. The van der Waals surface area contributed by atoms with Gasteiger partial charge in [0.2, 0.25) is 10.0 Å². The van der Waals surface area contributed by atoms with E-state index in [1.807, 2.05) is 13.8 Å². The molecule has 2 rings (SSSR count). The lowest BCUT2D eigenvalue weighted by atomic mass is 10.0. The molecule has 0 bridgehead atoms. The SMILES string of the molecule is CNCc1cc(F)c(C)c(S(=O)(=O)N2CCCC2(C)C)c1. The Morgan fingerprint density at radius 2 is 2.05 bits per heavy atom. The molecular formula is C15H23FN2O2S. The molecule has 6 heteroatoms. The van der Waals surface area contributed by atoms with Crippen molar-refractivity contribution >= 4 is 10.0 Å². The van der Waals surface area contributed by atoms with Gasteiger partial charge in [0.05, 0.1) is 4.90 Å². The number of nitrogens with one attached hydrogen (secondary N) is 1. The van der Waals surface area contributed by atoms with Gasteiger partial charge in [-0.3, -0.25) is 0 Å². The van der Waals surface area contributed by atoms with E-state index in [2.05, 4.69) is 5.32 Å². The zero-order chi connectivity index (χ0) is 15.8. The second-order valence-corrected chi connectivity index (χ2v) is 8.06. The molecule has 0 amide bonds. The summed E-state index contributed by atoms with van der Waals surface area (Å²) < 4.78 is 41.4. The first-order valence-electron chi connectivity index (χ1n) is 7.16. The number of sulfonamides is 1. The van der Waals surface area contributed by atoms with Gasteiger partial charge in [-0.05, 0) is 58.4 Å². The third-order valence-electron chi connectivity index (χ3n) is 4.13. The minimum absolute atomic E-state index is 0.0859. The maximum Gasteiger partial charge on any atom is 0.243 e. The van der Waals surface area contributed by atoms with E-state index >= 15 is 0 Å². The summed E-state index contributed by atoms with van der Waals surface area (Å²) in [6.45, 7) is 6.28. The van der Waals surface area contributed by atoms with Crippen molar-refractivity contribution in [1.82, 2.24) is 9.62 Å². The van der Waals surface area contributed by atoms with E-state index in [1.165, 1.54) is 17.3 Å². The summed E-state index contributed by atoms with van der Waals surface area (Å²) in [5.41, 5.74) is 0.412. The van der Waals surface area contributed by atoms with Gasteiger partial charge >= 0.3 is 0 Å². The second kappa shape index (κ2) is 5.66. The van der Waals surface area contributed by atoms with Crippen molar-refractivity contribution in [3.05, 3.63) is 29.1 Å². The van der Waals surface area contributed by atoms with E-state index in [1.54, 1.807) is 13.1 Å². The van der Waals surface area contributed by atoms with Crippen LogP contribution in [0.1, 0.15) is 37.8 Å². The maximum absolute atomic E-state index is 14.1. The summed E-state index contributed by atoms with van der Waals surface area (Å²) in [6.07, 6.45) is 1.66. The van der Waals surface area contributed by atoms with Crippen LogP contribution in [0.3, 0.4) is 0 Å². The molecule has 21 heavy (non-hydrogen) atoms. The van der Waals surface area contributed by atoms with Crippen LogP contribution in [0.2, 0.25) is 0 Å². The zero-order valence-electron chi connectivity index (χ0n) is 13.0. The lowest BCUT2D eigenvalue weighted by Crippen LogP contribution is -2.42. The van der Waals surface area contributed by atoms with E-state index in [0.29, 0.717) is 18.7 Å². The fourth-order valence-corrected chi connectivity index (χ4v) is 5.06. The Labute approximate surface area is 126 Å². The van der Waals surface area contributed by atoms with Crippen molar-refractivity contribution in [2.75, 3.05) is 13.6 Å². The van der Waals surface area contributed by atoms with Crippen molar-refractivity contribution in [3.63, 3.8) is 0 Å². The van der Waals surface area contributed by atoms with Crippen molar-refractivity contribution < 1.29 is 12.8 Å². The lowest BCUT2D eigenvalue weighted by Gasteiger charge is -2.31. The minimum Gasteiger partial charge on any atom is -0.316 e. The molecular weight excluding hydrogens is 291 g/mol. The van der Waals surface area contributed by atoms with Crippen molar-refractivity contribution in [1.29, 1.82) is 0 Å². The summed E-state index contributed by atoms with van der Waals surface area (Å²) in [5.74, 6) is -0.474. The molecule has 1 aromatic rings. The highest BCUT2D eigenvalue weighted by Gasteiger charge is 2.41. The molecule has 118 valence electrons. The van der Waals surface area contributed by atoms with E-state index in [4.69, 9.17) is 0 Å². The van der Waals surface area contributed by atoms with Crippen LogP contribution in [-0.2, 0) is 16.6 Å². The molecule has 1 saturated heterocycles. The Bertz CT molecular complexity index is 641. The van der Waals surface area contributed by atoms with Gasteiger partial charge in [-0.2, -0.15) is 4.31 Å². The highest BCUT2D eigenvalue weighted by molar-refractivity contribution is 7.89. The van der Waals surface area contributed by atoms with Gasteiger partial charge in [0.25, 0.3) is 0 Å². The number of halogens is 1. The fourth-order valence-electron chi connectivity index (χ4n) is 2.93. The van der Waals surface area contributed by atoms with Crippen LogP contribution >= 0.6 is 0 Å². The van der Waals surface area contributed by atoms with Crippen LogP contribution in [0.25, 0.3) is 0 Å². The first kappa shape index (κ1) is 16.4. The molecule has 0 radical (unpaired) electrons. The second-order valence-electron chi connectivity index (χ2n) is 6.22. The van der Waals surface area contributed by atoms with Gasteiger partial charge in [-0.15, -0.1) is 0 Å². The molecule has 1 N–H and O–H groups in total. The summed E-state index contributed by atoms with van der Waals surface area (Å²) in [7, 11) is -1.93. The van der Waals surface area contributed by atoms with Crippen molar-refractivity contribution in [2.45, 2.75) is 50.6 Å². The number of benzene rings is 1. The Morgan fingerprint density at radius 1 is 1.38 bits per heavy atom. The van der Waals surface area contributed by atoms with E-state index in [-0.39, 0.29) is 10.5 Å². The van der Waals surface area contributed by atoms with E-state index in [0.717, 1.165) is 12.8 Å². The molecule has 0 unspecified atom stereocenters. The van der Waals surface area contributed by atoms with Crippen LogP contribution in [0, 0.1) is 12.7 Å². The van der Waals surface area contributed by atoms with Crippen molar-refractivity contribution in [2.24, 2.45) is 0 Å². The van der Waals surface area contributed by atoms with E-state index in [9.17, 15) is 12.8 Å². The smallest absolute Gasteiger partial charge is 0.243 e. The van der Waals surface area contributed by atoms with Crippen LogP contribution < -0.4 is 5.32 Å². The van der Waals surface area contributed by atoms with Gasteiger partial charge in [0.1, 0.15) is 5.82 Å². The molecule has 1 heterocycles. The summed E-state index contributed by atoms with van der Waals surface area (Å²) in [5, 5.41) is 2.92. The highest BCUT2D eigenvalue weighted by Crippen LogP contribution is 2.35. The topological polar surface area (TPSA) is 49.4 Å². The Balaban J connectivity index is 2.54. The lowest BCUT2D eigenvalue weighted by molar-refractivity contribution is 0.291. The summed E-state index contributed by atoms with van der Waals surface area (Å²) in [6, 6.07) is 2.97. The number of rotatable bonds is 4. The third kappa shape index (κ3) is 2.98. The predicted octanol–water partition coefficient (Wildman–Crippen LogP) is 2.42. The molecule has 1 aliphatic heterocycles. The largest absolute Gasteiger partial charge is 0.316 e. The van der Waals surface area contributed by atoms with Crippen LogP contribution in [-0.4, -0.2) is 31.9 Å². The first-order valence-corrected chi connectivity index (χ1v) is 8.60. The van der Waals surface area contributed by atoms with Gasteiger partial charge < -0.3 is 5.32 Å². The third-order valence-corrected chi connectivity index (χ3v) is 6.37. The number of hydrogen-bond acceptors (Lipinski definition) is 3. The first-order chi connectivity index (χ1) is 9.70.